The van der Waals surface area contributed by atoms with Crippen molar-refractivity contribution in [3.63, 3.8) is 0 Å². The van der Waals surface area contributed by atoms with Crippen molar-refractivity contribution in [1.82, 2.24) is 9.97 Å². The minimum atomic E-state index is -0.370. The van der Waals surface area contributed by atoms with Crippen LogP contribution >= 0.6 is 0 Å². The molecule has 1 fully saturated rings. The Balaban J connectivity index is 1.65. The molecule has 2 N–H and O–H groups in total. The number of hydrogen-bond acceptors (Lipinski definition) is 6. The maximum absolute atomic E-state index is 11.8. The average Bonchev–Trinajstić information content (AvgIpc) is 3.27. The molecule has 1 aromatic heterocycles. The summed E-state index contributed by atoms with van der Waals surface area (Å²) in [6, 6.07) is 19.4. The molecular weight excluding hydrogens is 364 g/mol. The predicted molar refractivity (Wildman–Crippen MR) is 114 cm³/mol. The Morgan fingerprint density at radius 1 is 0.966 bits per heavy atom. The average molecular weight is 388 g/mol. The first-order chi connectivity index (χ1) is 14.2. The molecule has 6 nitrogen and oxygen atoms in total. The molecule has 0 amide bonds. The van der Waals surface area contributed by atoms with Gasteiger partial charge in [-0.2, -0.15) is 0 Å². The standard InChI is InChI=1S/C23H24N4O2/c1-29-23(28)17-10-7-13-19(14-17)25-21-15-20(24-18-11-5-6-12-18)26-22(27-21)16-8-3-2-4-9-16/h2-4,7-10,13-15,18H,5-6,11-12H2,1H3,(H2,24,25,26,27). The second-order valence-corrected chi connectivity index (χ2v) is 7.15. The molecule has 0 saturated heterocycles. The molecule has 3 aromatic rings. The van der Waals surface area contributed by atoms with Crippen molar-refractivity contribution in [2.24, 2.45) is 0 Å². The minimum absolute atomic E-state index is 0.370. The lowest BCUT2D eigenvalue weighted by Gasteiger charge is -2.15. The first-order valence-corrected chi connectivity index (χ1v) is 9.88. The lowest BCUT2D eigenvalue weighted by molar-refractivity contribution is 0.0601. The number of anilines is 3. The molecule has 1 saturated carbocycles. The highest BCUT2D eigenvalue weighted by Crippen LogP contribution is 2.26. The Bertz CT molecular complexity index is 985. The fraction of sp³-hybridized carbons (Fsp3) is 0.261. The normalized spacial score (nSPS) is 13.8. The molecule has 1 aliphatic rings. The number of ether oxygens (including phenoxy) is 1. The third-order valence-electron chi connectivity index (χ3n) is 5.02. The maximum atomic E-state index is 11.8. The number of hydrogen-bond donors (Lipinski definition) is 2. The predicted octanol–water partition coefficient (Wildman–Crippen LogP) is 5.03. The van der Waals surface area contributed by atoms with Gasteiger partial charge in [-0.05, 0) is 31.0 Å². The van der Waals surface area contributed by atoms with Crippen molar-refractivity contribution in [3.05, 3.63) is 66.2 Å². The van der Waals surface area contributed by atoms with E-state index in [0.717, 1.165) is 29.9 Å². The Morgan fingerprint density at radius 2 is 1.72 bits per heavy atom. The number of carbonyl (C=O) groups excluding carboxylic acids is 1. The van der Waals surface area contributed by atoms with Crippen molar-refractivity contribution in [2.45, 2.75) is 31.7 Å². The van der Waals surface area contributed by atoms with Gasteiger partial charge < -0.3 is 15.4 Å². The zero-order valence-corrected chi connectivity index (χ0v) is 16.4. The highest BCUT2D eigenvalue weighted by atomic mass is 16.5. The van der Waals surface area contributed by atoms with Gasteiger partial charge in [0.15, 0.2) is 5.82 Å². The van der Waals surface area contributed by atoms with Crippen LogP contribution in [0.1, 0.15) is 36.0 Å². The number of aromatic nitrogens is 2. The van der Waals surface area contributed by atoms with Gasteiger partial charge in [-0.25, -0.2) is 14.8 Å². The summed E-state index contributed by atoms with van der Waals surface area (Å²) in [4.78, 5) is 21.2. The molecule has 148 valence electrons. The third-order valence-corrected chi connectivity index (χ3v) is 5.02. The smallest absolute Gasteiger partial charge is 0.337 e. The van der Waals surface area contributed by atoms with Crippen LogP contribution in [0.15, 0.2) is 60.7 Å². The molecular formula is C23H24N4O2. The summed E-state index contributed by atoms with van der Waals surface area (Å²) >= 11 is 0. The van der Waals surface area contributed by atoms with Gasteiger partial charge in [-0.3, -0.25) is 0 Å². The van der Waals surface area contributed by atoms with Crippen LogP contribution < -0.4 is 10.6 Å². The highest BCUT2D eigenvalue weighted by Gasteiger charge is 2.16. The second kappa shape index (κ2) is 8.73. The van der Waals surface area contributed by atoms with Gasteiger partial charge in [-0.1, -0.05) is 49.2 Å². The number of rotatable bonds is 6. The lowest BCUT2D eigenvalue weighted by atomic mass is 10.2. The fourth-order valence-corrected chi connectivity index (χ4v) is 3.57. The number of nitrogens with one attached hydrogen (secondary N) is 2. The Labute approximate surface area is 170 Å². The van der Waals surface area contributed by atoms with Gasteiger partial charge in [-0.15, -0.1) is 0 Å². The van der Waals surface area contributed by atoms with E-state index >= 15 is 0 Å². The van der Waals surface area contributed by atoms with Gasteiger partial charge >= 0.3 is 5.97 Å². The van der Waals surface area contributed by atoms with E-state index in [1.54, 1.807) is 12.1 Å². The summed E-state index contributed by atoms with van der Waals surface area (Å²) in [6.07, 6.45) is 4.82. The molecule has 29 heavy (non-hydrogen) atoms. The summed E-state index contributed by atoms with van der Waals surface area (Å²) in [6.45, 7) is 0. The van der Waals surface area contributed by atoms with Crippen molar-refractivity contribution in [1.29, 1.82) is 0 Å². The SMILES string of the molecule is COC(=O)c1cccc(Nc2cc(NC3CCCC3)nc(-c3ccccc3)n2)c1. The van der Waals surface area contributed by atoms with Gasteiger partial charge in [0.1, 0.15) is 11.6 Å². The van der Waals surface area contributed by atoms with Gasteiger partial charge in [0, 0.05) is 23.4 Å². The molecule has 0 spiro atoms. The lowest BCUT2D eigenvalue weighted by Crippen LogP contribution is -2.16. The van der Waals surface area contributed by atoms with Crippen LogP contribution in [0.25, 0.3) is 11.4 Å². The molecule has 1 aliphatic carbocycles. The van der Waals surface area contributed by atoms with E-state index in [9.17, 15) is 4.79 Å². The first kappa shape index (κ1) is 18.9. The van der Waals surface area contributed by atoms with E-state index in [0.29, 0.717) is 23.2 Å². The number of methoxy groups -OCH3 is 1. The molecule has 0 unspecified atom stereocenters. The molecule has 0 atom stereocenters. The molecule has 6 heteroatoms. The number of nitrogens with zero attached hydrogens (tertiary/aromatic N) is 2. The van der Waals surface area contributed by atoms with Crippen LogP contribution in [0.4, 0.5) is 17.3 Å². The van der Waals surface area contributed by atoms with E-state index in [4.69, 9.17) is 9.72 Å². The highest BCUT2D eigenvalue weighted by molar-refractivity contribution is 5.90. The minimum Gasteiger partial charge on any atom is -0.465 e. The first-order valence-electron chi connectivity index (χ1n) is 9.88. The molecule has 2 aromatic carbocycles. The maximum Gasteiger partial charge on any atom is 0.337 e. The van der Waals surface area contributed by atoms with Crippen molar-refractivity contribution >= 4 is 23.3 Å². The monoisotopic (exact) mass is 388 g/mol. The molecule has 0 radical (unpaired) electrons. The molecule has 4 rings (SSSR count). The van der Waals surface area contributed by atoms with Gasteiger partial charge in [0.2, 0.25) is 0 Å². The topological polar surface area (TPSA) is 76.1 Å². The van der Waals surface area contributed by atoms with Crippen molar-refractivity contribution in [3.8, 4) is 11.4 Å². The summed E-state index contributed by atoms with van der Waals surface area (Å²) in [5.41, 5.74) is 2.20. The summed E-state index contributed by atoms with van der Waals surface area (Å²) in [7, 11) is 1.37. The van der Waals surface area contributed by atoms with Crippen molar-refractivity contribution in [2.75, 3.05) is 17.7 Å². The Morgan fingerprint density at radius 3 is 2.48 bits per heavy atom. The van der Waals surface area contributed by atoms with E-state index in [1.807, 2.05) is 48.5 Å². The van der Waals surface area contributed by atoms with E-state index in [1.165, 1.54) is 20.0 Å². The van der Waals surface area contributed by atoms with Crippen molar-refractivity contribution < 1.29 is 9.53 Å². The van der Waals surface area contributed by atoms with E-state index in [2.05, 4.69) is 15.6 Å². The van der Waals surface area contributed by atoms with Gasteiger partial charge in [0.25, 0.3) is 0 Å². The summed E-state index contributed by atoms with van der Waals surface area (Å²) in [5, 5.41) is 6.85. The number of carbonyl (C=O) groups is 1. The van der Waals surface area contributed by atoms with E-state index < -0.39 is 0 Å². The van der Waals surface area contributed by atoms with Crippen LogP contribution in [-0.4, -0.2) is 29.1 Å². The molecule has 0 aliphatic heterocycles. The van der Waals surface area contributed by atoms with Crippen LogP contribution in [0.3, 0.4) is 0 Å². The van der Waals surface area contributed by atoms with Crippen LogP contribution in [0.5, 0.6) is 0 Å². The Hall–Kier alpha value is -3.41. The van der Waals surface area contributed by atoms with Crippen LogP contribution in [-0.2, 0) is 4.74 Å². The molecule has 1 heterocycles. The zero-order valence-electron chi connectivity index (χ0n) is 16.4. The third kappa shape index (κ3) is 4.71. The zero-order chi connectivity index (χ0) is 20.1. The van der Waals surface area contributed by atoms with E-state index in [-0.39, 0.29) is 5.97 Å². The number of benzene rings is 2. The quantitative estimate of drug-likeness (QED) is 0.577. The van der Waals surface area contributed by atoms with Crippen LogP contribution in [0, 0.1) is 0 Å². The molecule has 0 bridgehead atoms. The second-order valence-electron chi connectivity index (χ2n) is 7.15. The number of esters is 1. The fourth-order valence-electron chi connectivity index (χ4n) is 3.57. The summed E-state index contributed by atoms with van der Waals surface area (Å²) in [5.74, 6) is 1.75. The van der Waals surface area contributed by atoms with Crippen LogP contribution in [0.2, 0.25) is 0 Å². The largest absolute Gasteiger partial charge is 0.465 e. The Kier molecular flexibility index (Phi) is 5.70. The summed E-state index contributed by atoms with van der Waals surface area (Å²) < 4.78 is 4.81. The van der Waals surface area contributed by atoms with Gasteiger partial charge in [0.05, 0.1) is 12.7 Å².